The first-order chi connectivity index (χ1) is 13.9. The Morgan fingerprint density at radius 3 is 2.69 bits per heavy atom. The Morgan fingerprint density at radius 1 is 1.21 bits per heavy atom. The fourth-order valence-electron chi connectivity index (χ4n) is 3.61. The Labute approximate surface area is 167 Å². The second-order valence-electron chi connectivity index (χ2n) is 7.45. The predicted molar refractivity (Wildman–Crippen MR) is 103 cm³/mol. The van der Waals surface area contributed by atoms with E-state index in [1.54, 1.807) is 24.4 Å². The fourth-order valence-corrected chi connectivity index (χ4v) is 3.61. The number of aromatic nitrogens is 2. The summed E-state index contributed by atoms with van der Waals surface area (Å²) in [6.45, 7) is 4.49. The maximum absolute atomic E-state index is 13.0. The molecule has 9 heteroatoms. The van der Waals surface area contributed by atoms with Gasteiger partial charge < -0.3 is 5.32 Å². The van der Waals surface area contributed by atoms with Gasteiger partial charge >= 0.3 is 0 Å². The molecule has 1 atom stereocenters. The summed E-state index contributed by atoms with van der Waals surface area (Å²) < 4.78 is 1.84. The first kappa shape index (κ1) is 18.9. The average molecular weight is 395 g/mol. The van der Waals surface area contributed by atoms with Gasteiger partial charge in [0.25, 0.3) is 11.8 Å². The fraction of sp³-hybridized carbons (Fsp3) is 0.350. The minimum atomic E-state index is -0.975. The van der Waals surface area contributed by atoms with Crippen molar-refractivity contribution in [3.63, 3.8) is 0 Å². The van der Waals surface area contributed by atoms with Crippen LogP contribution in [0.3, 0.4) is 0 Å². The summed E-state index contributed by atoms with van der Waals surface area (Å²) in [5, 5.41) is 9.69. The van der Waals surface area contributed by atoms with E-state index in [4.69, 9.17) is 0 Å². The van der Waals surface area contributed by atoms with E-state index in [0.29, 0.717) is 12.2 Å². The van der Waals surface area contributed by atoms with Gasteiger partial charge in [0, 0.05) is 36.5 Å². The van der Waals surface area contributed by atoms with Crippen molar-refractivity contribution in [2.45, 2.75) is 45.3 Å². The van der Waals surface area contributed by atoms with Crippen molar-refractivity contribution in [2.24, 2.45) is 0 Å². The lowest BCUT2D eigenvalue weighted by molar-refractivity contribution is -0.136. The Bertz CT molecular complexity index is 1030. The zero-order valence-corrected chi connectivity index (χ0v) is 16.1. The quantitative estimate of drug-likeness (QED) is 0.742. The maximum Gasteiger partial charge on any atom is 0.264 e. The van der Waals surface area contributed by atoms with Crippen LogP contribution in [-0.4, -0.2) is 44.4 Å². The molecule has 0 bridgehead atoms. The Kier molecular flexibility index (Phi) is 4.65. The SMILES string of the molecule is CC(C)n1cc(CNc2cccc3c2C(=O)N(C2CCC(=O)NC2=O)C3=O)cn1. The van der Waals surface area contributed by atoms with Gasteiger partial charge in [-0.05, 0) is 32.4 Å². The monoisotopic (exact) mass is 395 g/mol. The second-order valence-corrected chi connectivity index (χ2v) is 7.45. The molecule has 2 aliphatic rings. The van der Waals surface area contributed by atoms with E-state index >= 15 is 0 Å². The highest BCUT2D eigenvalue weighted by Gasteiger charge is 2.45. The number of imide groups is 2. The molecule has 2 N–H and O–H groups in total. The number of benzene rings is 1. The van der Waals surface area contributed by atoms with Crippen LogP contribution in [0, 0.1) is 0 Å². The largest absolute Gasteiger partial charge is 0.380 e. The Balaban J connectivity index is 1.57. The molecule has 9 nitrogen and oxygen atoms in total. The number of anilines is 1. The van der Waals surface area contributed by atoms with Crippen LogP contribution in [0.4, 0.5) is 5.69 Å². The molecule has 1 saturated heterocycles. The Hall–Kier alpha value is -3.49. The van der Waals surface area contributed by atoms with Gasteiger partial charge in [-0.1, -0.05) is 6.07 Å². The minimum absolute atomic E-state index is 0.0920. The number of nitrogens with one attached hydrogen (secondary N) is 2. The van der Waals surface area contributed by atoms with E-state index in [1.165, 1.54) is 0 Å². The molecule has 29 heavy (non-hydrogen) atoms. The Morgan fingerprint density at radius 2 is 2.00 bits per heavy atom. The van der Waals surface area contributed by atoms with Gasteiger partial charge in [-0.15, -0.1) is 0 Å². The summed E-state index contributed by atoms with van der Waals surface area (Å²) in [5.41, 5.74) is 1.96. The van der Waals surface area contributed by atoms with E-state index in [1.807, 2.05) is 24.7 Å². The van der Waals surface area contributed by atoms with Crippen LogP contribution in [0.25, 0.3) is 0 Å². The van der Waals surface area contributed by atoms with Crippen molar-refractivity contribution in [1.82, 2.24) is 20.0 Å². The molecule has 4 rings (SSSR count). The molecule has 4 amide bonds. The third kappa shape index (κ3) is 3.28. The van der Waals surface area contributed by atoms with Crippen molar-refractivity contribution < 1.29 is 19.2 Å². The number of rotatable bonds is 5. The number of nitrogens with zero attached hydrogens (tertiary/aromatic N) is 3. The highest BCUT2D eigenvalue weighted by Crippen LogP contribution is 2.32. The topological polar surface area (TPSA) is 113 Å². The van der Waals surface area contributed by atoms with Crippen molar-refractivity contribution in [1.29, 1.82) is 0 Å². The van der Waals surface area contributed by atoms with Crippen molar-refractivity contribution in [3.05, 3.63) is 47.3 Å². The standard InChI is InChI=1S/C20H21N5O4/c1-11(2)24-10-12(9-22-24)8-21-14-5-3-4-13-17(14)20(29)25(19(13)28)15-6-7-16(26)23-18(15)27/h3-5,9-11,15,21H,6-8H2,1-2H3,(H,23,26,27). The van der Waals surface area contributed by atoms with E-state index in [2.05, 4.69) is 15.7 Å². The third-order valence-corrected chi connectivity index (χ3v) is 5.14. The molecule has 0 radical (unpaired) electrons. The first-order valence-electron chi connectivity index (χ1n) is 9.48. The highest BCUT2D eigenvalue weighted by atomic mass is 16.2. The van der Waals surface area contributed by atoms with E-state index < -0.39 is 29.7 Å². The van der Waals surface area contributed by atoms with Gasteiger partial charge in [0.05, 0.1) is 17.3 Å². The van der Waals surface area contributed by atoms with Crippen molar-refractivity contribution in [2.75, 3.05) is 5.32 Å². The molecule has 150 valence electrons. The van der Waals surface area contributed by atoms with Crippen LogP contribution >= 0.6 is 0 Å². The molecular weight excluding hydrogens is 374 g/mol. The predicted octanol–water partition coefficient (Wildman–Crippen LogP) is 1.48. The molecule has 2 aromatic rings. The molecule has 3 heterocycles. The lowest BCUT2D eigenvalue weighted by Gasteiger charge is -2.27. The number of carbonyl (C=O) groups is 4. The third-order valence-electron chi connectivity index (χ3n) is 5.14. The second kappa shape index (κ2) is 7.16. The van der Waals surface area contributed by atoms with Crippen LogP contribution in [-0.2, 0) is 16.1 Å². The van der Waals surface area contributed by atoms with Gasteiger partial charge in [-0.25, -0.2) is 0 Å². The lowest BCUT2D eigenvalue weighted by Crippen LogP contribution is -2.54. The number of hydrogen-bond acceptors (Lipinski definition) is 6. The van der Waals surface area contributed by atoms with Gasteiger partial charge in [0.15, 0.2) is 0 Å². The number of piperidine rings is 1. The molecule has 2 aliphatic heterocycles. The van der Waals surface area contributed by atoms with Crippen LogP contribution in [0.2, 0.25) is 0 Å². The van der Waals surface area contributed by atoms with Gasteiger partial charge in [0.2, 0.25) is 11.8 Å². The van der Waals surface area contributed by atoms with Crippen molar-refractivity contribution in [3.8, 4) is 0 Å². The highest BCUT2D eigenvalue weighted by molar-refractivity contribution is 6.25. The molecule has 1 aromatic heterocycles. The zero-order chi connectivity index (χ0) is 20.7. The lowest BCUT2D eigenvalue weighted by atomic mass is 10.0. The molecule has 0 aliphatic carbocycles. The summed E-state index contributed by atoms with van der Waals surface area (Å²) in [4.78, 5) is 50.4. The van der Waals surface area contributed by atoms with E-state index in [-0.39, 0.29) is 30.0 Å². The molecular formula is C20H21N5O4. The minimum Gasteiger partial charge on any atom is -0.380 e. The van der Waals surface area contributed by atoms with Gasteiger partial charge in [-0.2, -0.15) is 5.10 Å². The molecule has 0 saturated carbocycles. The molecule has 1 unspecified atom stereocenters. The summed E-state index contributed by atoms with van der Waals surface area (Å²) in [6.07, 6.45) is 3.89. The van der Waals surface area contributed by atoms with Crippen LogP contribution in [0.5, 0.6) is 0 Å². The molecule has 1 aromatic carbocycles. The number of carbonyl (C=O) groups excluding carboxylic acids is 4. The van der Waals surface area contributed by atoms with Crippen molar-refractivity contribution >= 4 is 29.3 Å². The van der Waals surface area contributed by atoms with Gasteiger partial charge in [0.1, 0.15) is 6.04 Å². The van der Waals surface area contributed by atoms with Gasteiger partial charge in [-0.3, -0.25) is 34.1 Å². The van der Waals surface area contributed by atoms with Crippen LogP contribution < -0.4 is 10.6 Å². The number of hydrogen-bond donors (Lipinski definition) is 2. The summed E-state index contributed by atoms with van der Waals surface area (Å²) in [6, 6.07) is 4.26. The zero-order valence-electron chi connectivity index (χ0n) is 16.1. The first-order valence-corrected chi connectivity index (χ1v) is 9.48. The van der Waals surface area contributed by atoms with Crippen LogP contribution in [0.1, 0.15) is 59.0 Å². The van der Waals surface area contributed by atoms with E-state index in [0.717, 1.165) is 10.5 Å². The maximum atomic E-state index is 13.0. The molecule has 1 fully saturated rings. The summed E-state index contributed by atoms with van der Waals surface area (Å²) >= 11 is 0. The summed E-state index contributed by atoms with van der Waals surface area (Å²) in [7, 11) is 0. The average Bonchev–Trinajstić information content (AvgIpc) is 3.25. The normalized spacial score (nSPS) is 19.0. The number of fused-ring (bicyclic) bond motifs is 1. The van der Waals surface area contributed by atoms with Crippen LogP contribution in [0.15, 0.2) is 30.6 Å². The van der Waals surface area contributed by atoms with E-state index in [9.17, 15) is 19.2 Å². The summed E-state index contributed by atoms with van der Waals surface area (Å²) in [5.74, 6) is -2.06. The molecule has 0 spiro atoms. The number of amides is 4. The smallest absolute Gasteiger partial charge is 0.264 e.